The molecule has 0 unspecified atom stereocenters. The van der Waals surface area contributed by atoms with E-state index in [9.17, 15) is 18.0 Å². The molecule has 0 aromatic heterocycles. The summed E-state index contributed by atoms with van der Waals surface area (Å²) in [6, 6.07) is 8.21. The Labute approximate surface area is 123 Å². The zero-order valence-corrected chi connectivity index (χ0v) is 11.2. The van der Waals surface area contributed by atoms with Gasteiger partial charge >= 0.3 is 6.18 Å². The number of phenols is 1. The molecular weight excluding hydrogens is 307 g/mol. The summed E-state index contributed by atoms with van der Waals surface area (Å²) >= 11 is 5.55. The molecule has 3 nitrogen and oxygen atoms in total. The lowest BCUT2D eigenvalue weighted by Crippen LogP contribution is -2.16. The number of anilines is 1. The second kappa shape index (κ2) is 5.65. The van der Waals surface area contributed by atoms with Crippen LogP contribution < -0.4 is 5.32 Å². The van der Waals surface area contributed by atoms with Gasteiger partial charge in [0.05, 0.1) is 11.3 Å². The van der Waals surface area contributed by atoms with Gasteiger partial charge in [0, 0.05) is 10.6 Å². The van der Waals surface area contributed by atoms with Crippen LogP contribution in [-0.4, -0.2) is 11.0 Å². The maximum absolute atomic E-state index is 12.9. The fourth-order valence-corrected chi connectivity index (χ4v) is 1.84. The Kier molecular flexibility index (Phi) is 4.09. The van der Waals surface area contributed by atoms with Gasteiger partial charge in [0.15, 0.2) is 0 Å². The first-order valence-corrected chi connectivity index (χ1v) is 6.12. The van der Waals surface area contributed by atoms with Gasteiger partial charge in [-0.2, -0.15) is 13.2 Å². The van der Waals surface area contributed by atoms with E-state index in [0.29, 0.717) is 0 Å². The van der Waals surface area contributed by atoms with Crippen LogP contribution in [0.3, 0.4) is 0 Å². The molecule has 0 aliphatic heterocycles. The van der Waals surface area contributed by atoms with Crippen molar-refractivity contribution in [1.82, 2.24) is 0 Å². The van der Waals surface area contributed by atoms with E-state index in [1.807, 2.05) is 0 Å². The van der Waals surface area contributed by atoms with Crippen LogP contribution in [0.1, 0.15) is 15.9 Å². The van der Waals surface area contributed by atoms with Gasteiger partial charge in [-0.3, -0.25) is 4.79 Å². The molecule has 110 valence electrons. The van der Waals surface area contributed by atoms with Gasteiger partial charge in [0.25, 0.3) is 5.91 Å². The fraction of sp³-hybridized carbons (Fsp3) is 0.0714. The van der Waals surface area contributed by atoms with Crippen LogP contribution >= 0.6 is 11.6 Å². The van der Waals surface area contributed by atoms with E-state index >= 15 is 0 Å². The van der Waals surface area contributed by atoms with Crippen LogP contribution in [0.2, 0.25) is 5.02 Å². The Morgan fingerprint density at radius 1 is 1.10 bits per heavy atom. The third kappa shape index (κ3) is 3.66. The fourth-order valence-electron chi connectivity index (χ4n) is 1.67. The normalized spacial score (nSPS) is 11.2. The number of hydrogen-bond donors (Lipinski definition) is 2. The third-order valence-electron chi connectivity index (χ3n) is 2.66. The number of benzene rings is 2. The quantitative estimate of drug-likeness (QED) is 0.867. The summed E-state index contributed by atoms with van der Waals surface area (Å²) in [5, 5.41) is 11.2. The van der Waals surface area contributed by atoms with Crippen molar-refractivity contribution in [1.29, 1.82) is 0 Å². The molecule has 0 radical (unpaired) electrons. The number of phenolic OH excluding ortho intramolecular Hbond substituents is 1. The SMILES string of the molecule is O=C(Nc1ccc(Cl)cc1C(F)(F)F)c1ccc(O)cc1. The van der Waals surface area contributed by atoms with E-state index in [-0.39, 0.29) is 22.0 Å². The first kappa shape index (κ1) is 15.2. The lowest BCUT2D eigenvalue weighted by molar-refractivity contribution is -0.136. The van der Waals surface area contributed by atoms with E-state index in [1.165, 1.54) is 30.3 Å². The number of aromatic hydroxyl groups is 1. The molecule has 0 heterocycles. The number of carbonyl (C=O) groups excluding carboxylic acids is 1. The van der Waals surface area contributed by atoms with Crippen molar-refractivity contribution in [3.05, 3.63) is 58.6 Å². The van der Waals surface area contributed by atoms with Crippen LogP contribution in [0.4, 0.5) is 18.9 Å². The molecule has 2 rings (SSSR count). The Morgan fingerprint density at radius 2 is 1.71 bits per heavy atom. The average Bonchev–Trinajstić information content (AvgIpc) is 2.40. The molecule has 0 atom stereocenters. The summed E-state index contributed by atoms with van der Waals surface area (Å²) in [6.45, 7) is 0. The highest BCUT2D eigenvalue weighted by molar-refractivity contribution is 6.30. The number of hydrogen-bond acceptors (Lipinski definition) is 2. The number of carbonyl (C=O) groups is 1. The summed E-state index contributed by atoms with van der Waals surface area (Å²) < 4.78 is 38.7. The van der Waals surface area contributed by atoms with Gasteiger partial charge in [-0.1, -0.05) is 11.6 Å². The van der Waals surface area contributed by atoms with E-state index < -0.39 is 17.6 Å². The minimum absolute atomic E-state index is 0.0472. The maximum atomic E-state index is 12.9. The number of amides is 1. The molecule has 0 spiro atoms. The minimum atomic E-state index is -4.64. The largest absolute Gasteiger partial charge is 0.508 e. The summed E-state index contributed by atoms with van der Waals surface area (Å²) in [5.74, 6) is -0.767. The van der Waals surface area contributed by atoms with Crippen LogP contribution in [0, 0.1) is 0 Å². The van der Waals surface area contributed by atoms with Gasteiger partial charge in [0.2, 0.25) is 0 Å². The van der Waals surface area contributed by atoms with Crippen molar-refractivity contribution in [2.45, 2.75) is 6.18 Å². The molecule has 21 heavy (non-hydrogen) atoms. The smallest absolute Gasteiger partial charge is 0.418 e. The van der Waals surface area contributed by atoms with E-state index in [1.54, 1.807) is 0 Å². The lowest BCUT2D eigenvalue weighted by Gasteiger charge is -2.14. The maximum Gasteiger partial charge on any atom is 0.418 e. The molecule has 0 saturated heterocycles. The third-order valence-corrected chi connectivity index (χ3v) is 2.90. The highest BCUT2D eigenvalue weighted by atomic mass is 35.5. The second-order valence-corrected chi connectivity index (χ2v) is 4.63. The predicted molar refractivity (Wildman–Crippen MR) is 72.5 cm³/mol. The Balaban J connectivity index is 2.31. The average molecular weight is 316 g/mol. The highest BCUT2D eigenvalue weighted by Crippen LogP contribution is 2.36. The van der Waals surface area contributed by atoms with Crippen LogP contribution in [-0.2, 0) is 6.18 Å². The molecule has 0 aliphatic rings. The van der Waals surface area contributed by atoms with E-state index in [2.05, 4.69) is 5.32 Å². The van der Waals surface area contributed by atoms with Gasteiger partial charge in [-0.15, -0.1) is 0 Å². The number of rotatable bonds is 2. The zero-order chi connectivity index (χ0) is 15.6. The highest BCUT2D eigenvalue weighted by Gasteiger charge is 2.34. The number of nitrogens with one attached hydrogen (secondary N) is 1. The molecule has 7 heteroatoms. The number of alkyl halides is 3. The second-order valence-electron chi connectivity index (χ2n) is 4.19. The Bertz CT molecular complexity index is 669. The predicted octanol–water partition coefficient (Wildman–Crippen LogP) is 4.32. The molecule has 0 saturated carbocycles. The minimum Gasteiger partial charge on any atom is -0.508 e. The molecule has 0 fully saturated rings. The monoisotopic (exact) mass is 315 g/mol. The Hall–Kier alpha value is -2.21. The van der Waals surface area contributed by atoms with Gasteiger partial charge in [-0.05, 0) is 42.5 Å². The molecule has 2 N–H and O–H groups in total. The lowest BCUT2D eigenvalue weighted by atomic mass is 10.1. The molecule has 1 amide bonds. The van der Waals surface area contributed by atoms with Crippen molar-refractivity contribution in [2.24, 2.45) is 0 Å². The molecular formula is C14H9ClF3NO2. The van der Waals surface area contributed by atoms with E-state index in [0.717, 1.165) is 12.1 Å². The van der Waals surface area contributed by atoms with Crippen LogP contribution in [0.25, 0.3) is 0 Å². The van der Waals surface area contributed by atoms with Gasteiger partial charge in [-0.25, -0.2) is 0 Å². The van der Waals surface area contributed by atoms with Crippen molar-refractivity contribution in [3.63, 3.8) is 0 Å². The van der Waals surface area contributed by atoms with Crippen molar-refractivity contribution in [2.75, 3.05) is 5.32 Å². The van der Waals surface area contributed by atoms with Gasteiger partial charge in [0.1, 0.15) is 5.75 Å². The van der Waals surface area contributed by atoms with Gasteiger partial charge < -0.3 is 10.4 Å². The van der Waals surface area contributed by atoms with Crippen molar-refractivity contribution in [3.8, 4) is 5.75 Å². The molecule has 0 bridgehead atoms. The van der Waals surface area contributed by atoms with Crippen LogP contribution in [0.5, 0.6) is 5.75 Å². The zero-order valence-electron chi connectivity index (χ0n) is 10.4. The van der Waals surface area contributed by atoms with Crippen molar-refractivity contribution >= 4 is 23.2 Å². The standard InChI is InChI=1S/C14H9ClF3NO2/c15-9-3-6-12(11(7-9)14(16,17)18)19-13(21)8-1-4-10(20)5-2-8/h1-7,20H,(H,19,21). The topological polar surface area (TPSA) is 49.3 Å². The first-order chi connectivity index (χ1) is 9.77. The summed E-state index contributed by atoms with van der Waals surface area (Å²) in [4.78, 5) is 11.9. The molecule has 2 aromatic rings. The molecule has 0 aliphatic carbocycles. The number of halogens is 4. The first-order valence-electron chi connectivity index (χ1n) is 5.74. The summed E-state index contributed by atoms with van der Waals surface area (Å²) in [5.41, 5.74) is -1.29. The van der Waals surface area contributed by atoms with Crippen LogP contribution in [0.15, 0.2) is 42.5 Å². The Morgan fingerprint density at radius 3 is 2.29 bits per heavy atom. The molecule has 2 aromatic carbocycles. The van der Waals surface area contributed by atoms with Crippen molar-refractivity contribution < 1.29 is 23.1 Å². The summed E-state index contributed by atoms with van der Waals surface area (Å²) in [7, 11) is 0. The van der Waals surface area contributed by atoms with E-state index in [4.69, 9.17) is 16.7 Å². The summed E-state index contributed by atoms with van der Waals surface area (Å²) in [6.07, 6.45) is -4.64.